The van der Waals surface area contributed by atoms with E-state index in [1.807, 2.05) is 0 Å². The van der Waals surface area contributed by atoms with Crippen LogP contribution in [0.5, 0.6) is 0 Å². The molecule has 0 amide bonds. The van der Waals surface area contributed by atoms with Crippen molar-refractivity contribution in [3.63, 3.8) is 0 Å². The molecule has 3 heteroatoms. The molecule has 0 saturated heterocycles. The van der Waals surface area contributed by atoms with Crippen molar-refractivity contribution in [3.8, 4) is 0 Å². The molecule has 0 spiro atoms. The van der Waals surface area contributed by atoms with Crippen LogP contribution < -0.4 is 0 Å². The maximum atomic E-state index is 2.58. The Balaban J connectivity index is 2.27. The molecule has 0 heterocycles. The zero-order chi connectivity index (χ0) is 15.7. The first kappa shape index (κ1) is 18.8. The van der Waals surface area contributed by atoms with Crippen LogP contribution in [0.15, 0.2) is 0 Å². The second kappa shape index (κ2) is 7.17. The van der Waals surface area contributed by atoms with Crippen molar-refractivity contribution in [1.82, 2.24) is 0 Å². The summed E-state index contributed by atoms with van der Waals surface area (Å²) in [6.07, 6.45) is 12.0. The predicted octanol–water partition coefficient (Wildman–Crippen LogP) is 7.38. The monoisotopic (exact) mass is 436 g/mol. The van der Waals surface area contributed by atoms with Crippen molar-refractivity contribution in [1.29, 1.82) is 0 Å². The summed E-state index contributed by atoms with van der Waals surface area (Å²) in [6.45, 7) is 15.5. The van der Waals surface area contributed by atoms with Crippen molar-refractivity contribution in [2.75, 3.05) is 0 Å². The Bertz CT molecular complexity index is 294. The van der Waals surface area contributed by atoms with Gasteiger partial charge in [0.2, 0.25) is 0 Å². The Morgan fingerprint density at radius 3 is 1.14 bits per heavy atom. The van der Waals surface area contributed by atoms with Crippen molar-refractivity contribution in [3.05, 3.63) is 0 Å². The van der Waals surface area contributed by atoms with E-state index in [4.69, 9.17) is 0 Å². The van der Waals surface area contributed by atoms with E-state index in [1.165, 1.54) is 51.4 Å². The Labute approximate surface area is 143 Å². The first-order valence-electron chi connectivity index (χ1n) is 9.01. The van der Waals surface area contributed by atoms with Crippen LogP contribution in [-0.2, 0) is 0 Å². The molecule has 2 aliphatic carbocycles. The van der Waals surface area contributed by atoms with E-state index < -0.39 is 15.6 Å². The SMILES string of the molecule is C[C](C)(C)[Sn]([S]C1CCCC1)([S]C1CCCC1)[C](C)(C)C. The molecular formula is C18H36S2Sn. The van der Waals surface area contributed by atoms with Crippen molar-refractivity contribution in [2.24, 2.45) is 0 Å². The summed E-state index contributed by atoms with van der Waals surface area (Å²) in [5.74, 6) is 0. The molecule has 0 unspecified atom stereocenters. The van der Waals surface area contributed by atoms with E-state index in [1.54, 1.807) is 0 Å². The van der Waals surface area contributed by atoms with Crippen LogP contribution in [0.3, 0.4) is 0 Å². The number of hydrogen-bond donors (Lipinski definition) is 0. The predicted molar refractivity (Wildman–Crippen MR) is 105 cm³/mol. The van der Waals surface area contributed by atoms with Gasteiger partial charge in [-0.25, -0.2) is 0 Å². The summed E-state index contributed by atoms with van der Waals surface area (Å²) >= 11 is -2.43. The fourth-order valence-corrected chi connectivity index (χ4v) is 45.6. The summed E-state index contributed by atoms with van der Waals surface area (Å²) in [6, 6.07) is 0. The van der Waals surface area contributed by atoms with Crippen molar-refractivity contribution in [2.45, 2.75) is 110 Å². The molecule has 0 aromatic carbocycles. The molecular weight excluding hydrogens is 399 g/mol. The van der Waals surface area contributed by atoms with Crippen molar-refractivity contribution >= 4 is 33.5 Å². The molecule has 0 atom stereocenters. The van der Waals surface area contributed by atoms with Crippen LogP contribution in [-0.4, -0.2) is 26.1 Å². The molecule has 2 rings (SSSR count). The fourth-order valence-electron chi connectivity index (χ4n) is 4.34. The Morgan fingerprint density at radius 1 is 0.619 bits per heavy atom. The minimum atomic E-state index is -2.43. The van der Waals surface area contributed by atoms with E-state index in [9.17, 15) is 0 Å². The molecule has 0 bridgehead atoms. The summed E-state index contributed by atoms with van der Waals surface area (Å²) in [4.78, 5) is 0. The second-order valence-electron chi connectivity index (χ2n) is 9.17. The average Bonchev–Trinajstić information content (AvgIpc) is 2.97. The quantitative estimate of drug-likeness (QED) is 0.423. The maximum absolute atomic E-state index is 2.58. The van der Waals surface area contributed by atoms with Crippen LogP contribution >= 0.6 is 17.9 Å². The van der Waals surface area contributed by atoms with Gasteiger partial charge in [0.15, 0.2) is 0 Å². The molecule has 2 aliphatic rings. The Kier molecular flexibility index (Phi) is 6.43. The van der Waals surface area contributed by atoms with E-state index in [0.29, 0.717) is 6.86 Å². The van der Waals surface area contributed by atoms with Gasteiger partial charge in [0.25, 0.3) is 0 Å². The van der Waals surface area contributed by atoms with Gasteiger partial charge in [-0.05, 0) is 0 Å². The van der Waals surface area contributed by atoms with E-state index >= 15 is 0 Å². The third kappa shape index (κ3) is 4.32. The molecule has 0 N–H and O–H groups in total. The van der Waals surface area contributed by atoms with Gasteiger partial charge < -0.3 is 0 Å². The zero-order valence-corrected chi connectivity index (χ0v) is 19.6. The third-order valence-electron chi connectivity index (χ3n) is 5.24. The molecule has 0 radical (unpaired) electrons. The van der Waals surface area contributed by atoms with Gasteiger partial charge in [0.1, 0.15) is 0 Å². The van der Waals surface area contributed by atoms with E-state index in [2.05, 4.69) is 59.4 Å². The summed E-state index contributed by atoms with van der Waals surface area (Å²) < 4.78 is 1.10. The molecule has 0 nitrogen and oxygen atoms in total. The van der Waals surface area contributed by atoms with Gasteiger partial charge in [0.05, 0.1) is 0 Å². The van der Waals surface area contributed by atoms with Crippen LogP contribution in [0.1, 0.15) is 92.9 Å². The van der Waals surface area contributed by atoms with Crippen LogP contribution in [0.2, 0.25) is 6.86 Å². The summed E-state index contributed by atoms with van der Waals surface area (Å²) in [5.41, 5.74) is 0. The van der Waals surface area contributed by atoms with Crippen LogP contribution in [0.4, 0.5) is 0 Å². The van der Waals surface area contributed by atoms with Gasteiger partial charge in [-0.15, -0.1) is 0 Å². The fraction of sp³-hybridized carbons (Fsp3) is 1.00. The van der Waals surface area contributed by atoms with E-state index in [-0.39, 0.29) is 0 Å². The first-order chi connectivity index (χ1) is 9.66. The Morgan fingerprint density at radius 2 is 0.905 bits per heavy atom. The number of rotatable bonds is 4. The van der Waals surface area contributed by atoms with E-state index in [0.717, 1.165) is 10.5 Å². The normalized spacial score (nSPS) is 23.1. The summed E-state index contributed by atoms with van der Waals surface area (Å²) in [7, 11) is 5.15. The van der Waals surface area contributed by atoms with Gasteiger partial charge >= 0.3 is 144 Å². The molecule has 124 valence electrons. The van der Waals surface area contributed by atoms with Crippen LogP contribution in [0, 0.1) is 0 Å². The molecule has 0 aromatic heterocycles. The minimum absolute atomic E-state index is 0.549. The molecule has 2 fully saturated rings. The molecule has 0 aromatic rings. The third-order valence-corrected chi connectivity index (χ3v) is 50.5. The molecule has 2 saturated carbocycles. The Hall–Kier alpha value is 1.50. The standard InChI is InChI=1S/2C5H10S.2C4H9.Sn/c2*6-5-3-1-2-4-5;2*1-4(2)3;/h2*5-6H,1-4H2;2*1-3H3;/q;;;;+2/p-2. The first-order valence-corrected chi connectivity index (χ1v) is 20.6. The topological polar surface area (TPSA) is 0 Å². The van der Waals surface area contributed by atoms with Crippen LogP contribution in [0.25, 0.3) is 0 Å². The van der Waals surface area contributed by atoms with Crippen molar-refractivity contribution < 1.29 is 0 Å². The molecule has 0 aliphatic heterocycles. The second-order valence-corrected chi connectivity index (χ2v) is 37.0. The van der Waals surface area contributed by atoms with Gasteiger partial charge in [0, 0.05) is 0 Å². The molecule has 21 heavy (non-hydrogen) atoms. The zero-order valence-electron chi connectivity index (χ0n) is 15.1. The number of hydrogen-bond acceptors (Lipinski definition) is 2. The van der Waals surface area contributed by atoms with Gasteiger partial charge in [-0.1, -0.05) is 0 Å². The van der Waals surface area contributed by atoms with Gasteiger partial charge in [-0.3, -0.25) is 0 Å². The van der Waals surface area contributed by atoms with Gasteiger partial charge in [-0.2, -0.15) is 0 Å². The summed E-state index contributed by atoms with van der Waals surface area (Å²) in [5, 5.41) is 1.99. The average molecular weight is 435 g/mol.